The van der Waals surface area contributed by atoms with E-state index in [9.17, 15) is 23.2 Å². The number of rotatable bonds is 7. The third kappa shape index (κ3) is 5.35. The molecule has 1 aliphatic carbocycles. The fraction of sp³-hybridized carbons (Fsp3) is 0.250. The Labute approximate surface area is 160 Å². The van der Waals surface area contributed by atoms with Gasteiger partial charge in [0, 0.05) is 36.3 Å². The molecule has 3 rings (SSSR count). The van der Waals surface area contributed by atoms with Crippen LogP contribution in [0.15, 0.2) is 42.5 Å². The van der Waals surface area contributed by atoms with E-state index < -0.39 is 17.5 Å². The predicted octanol–water partition coefficient (Wildman–Crippen LogP) is 2.62. The first-order valence-corrected chi connectivity index (χ1v) is 8.86. The molecule has 6 nitrogen and oxygen atoms in total. The van der Waals surface area contributed by atoms with Crippen LogP contribution in [0.3, 0.4) is 0 Å². The van der Waals surface area contributed by atoms with Crippen molar-refractivity contribution in [3.63, 3.8) is 0 Å². The molecule has 3 amide bonds. The van der Waals surface area contributed by atoms with E-state index >= 15 is 0 Å². The molecular formula is C20H19F2N3O3. The topological polar surface area (TPSA) is 87.3 Å². The summed E-state index contributed by atoms with van der Waals surface area (Å²) in [6.07, 6.45) is 1.92. The van der Waals surface area contributed by atoms with Crippen LogP contribution in [0.25, 0.3) is 0 Å². The van der Waals surface area contributed by atoms with E-state index in [1.807, 2.05) is 0 Å². The van der Waals surface area contributed by atoms with E-state index in [-0.39, 0.29) is 36.4 Å². The lowest BCUT2D eigenvalue weighted by Crippen LogP contribution is -2.28. The average molecular weight is 387 g/mol. The number of carbonyl (C=O) groups is 3. The number of hydrogen-bond donors (Lipinski definition) is 3. The summed E-state index contributed by atoms with van der Waals surface area (Å²) in [5.74, 6) is -3.04. The molecule has 0 saturated heterocycles. The van der Waals surface area contributed by atoms with Crippen molar-refractivity contribution in [3.8, 4) is 0 Å². The van der Waals surface area contributed by atoms with Crippen LogP contribution in [0.5, 0.6) is 0 Å². The van der Waals surface area contributed by atoms with E-state index in [4.69, 9.17) is 0 Å². The van der Waals surface area contributed by atoms with E-state index in [0.717, 1.165) is 25.0 Å². The van der Waals surface area contributed by atoms with E-state index in [1.54, 1.807) is 24.3 Å². The molecule has 0 spiro atoms. The molecule has 3 N–H and O–H groups in total. The normalized spacial score (nSPS) is 12.9. The molecular weight excluding hydrogens is 368 g/mol. The Morgan fingerprint density at radius 2 is 1.79 bits per heavy atom. The fourth-order valence-electron chi connectivity index (χ4n) is 2.52. The van der Waals surface area contributed by atoms with Crippen LogP contribution in [0.4, 0.5) is 14.5 Å². The molecule has 0 radical (unpaired) electrons. The highest BCUT2D eigenvalue weighted by Gasteiger charge is 2.23. The second-order valence-electron chi connectivity index (χ2n) is 6.51. The SMILES string of the molecule is O=C(CCNC(=O)c1ccc(F)cc1F)Nc1cccc(C(=O)NC2CC2)c1. The van der Waals surface area contributed by atoms with Crippen LogP contribution in [0.2, 0.25) is 0 Å². The Hall–Kier alpha value is -3.29. The highest BCUT2D eigenvalue weighted by Crippen LogP contribution is 2.20. The summed E-state index contributed by atoms with van der Waals surface area (Å²) in [5.41, 5.74) is 0.616. The maximum absolute atomic E-state index is 13.5. The third-order valence-corrected chi connectivity index (χ3v) is 4.13. The monoisotopic (exact) mass is 387 g/mol. The molecule has 0 heterocycles. The molecule has 1 saturated carbocycles. The predicted molar refractivity (Wildman–Crippen MR) is 98.9 cm³/mol. The van der Waals surface area contributed by atoms with Crippen molar-refractivity contribution in [3.05, 3.63) is 65.2 Å². The lowest BCUT2D eigenvalue weighted by atomic mass is 10.2. The second kappa shape index (κ2) is 8.60. The van der Waals surface area contributed by atoms with Gasteiger partial charge >= 0.3 is 0 Å². The largest absolute Gasteiger partial charge is 0.351 e. The molecule has 0 aliphatic heterocycles. The number of hydrogen-bond acceptors (Lipinski definition) is 3. The van der Waals surface area contributed by atoms with Gasteiger partial charge in [0.25, 0.3) is 11.8 Å². The lowest BCUT2D eigenvalue weighted by Gasteiger charge is -2.09. The van der Waals surface area contributed by atoms with Gasteiger partial charge in [0.05, 0.1) is 5.56 Å². The lowest BCUT2D eigenvalue weighted by molar-refractivity contribution is -0.116. The Kier molecular flexibility index (Phi) is 5.98. The molecule has 2 aromatic rings. The zero-order valence-corrected chi connectivity index (χ0v) is 14.9. The van der Waals surface area contributed by atoms with Crippen LogP contribution in [0.1, 0.15) is 40.0 Å². The van der Waals surface area contributed by atoms with Crippen LogP contribution in [0, 0.1) is 11.6 Å². The van der Waals surface area contributed by atoms with Gasteiger partial charge < -0.3 is 16.0 Å². The van der Waals surface area contributed by atoms with Gasteiger partial charge in [0.1, 0.15) is 11.6 Å². The van der Waals surface area contributed by atoms with Crippen LogP contribution < -0.4 is 16.0 Å². The zero-order valence-electron chi connectivity index (χ0n) is 14.9. The van der Waals surface area contributed by atoms with Crippen LogP contribution >= 0.6 is 0 Å². The van der Waals surface area contributed by atoms with Gasteiger partial charge in [0.15, 0.2) is 0 Å². The molecule has 0 bridgehead atoms. The number of carbonyl (C=O) groups excluding carboxylic acids is 3. The molecule has 0 unspecified atom stereocenters. The first kappa shape index (κ1) is 19.5. The smallest absolute Gasteiger partial charge is 0.254 e. The van der Waals surface area contributed by atoms with Gasteiger partial charge in [-0.15, -0.1) is 0 Å². The van der Waals surface area contributed by atoms with Crippen LogP contribution in [-0.2, 0) is 4.79 Å². The molecule has 8 heteroatoms. The average Bonchev–Trinajstić information content (AvgIpc) is 3.45. The van der Waals surface area contributed by atoms with E-state index in [1.165, 1.54) is 0 Å². The molecule has 1 fully saturated rings. The fourth-order valence-corrected chi connectivity index (χ4v) is 2.52. The minimum Gasteiger partial charge on any atom is -0.351 e. The first-order chi connectivity index (χ1) is 13.4. The molecule has 0 atom stereocenters. The maximum atomic E-state index is 13.5. The Morgan fingerprint density at radius 1 is 1.00 bits per heavy atom. The van der Waals surface area contributed by atoms with Crippen LogP contribution in [-0.4, -0.2) is 30.3 Å². The maximum Gasteiger partial charge on any atom is 0.254 e. The zero-order chi connectivity index (χ0) is 20.1. The second-order valence-corrected chi connectivity index (χ2v) is 6.51. The summed E-state index contributed by atoms with van der Waals surface area (Å²) in [4.78, 5) is 35.9. The molecule has 2 aromatic carbocycles. The summed E-state index contributed by atoms with van der Waals surface area (Å²) in [6.45, 7) is -0.0245. The standard InChI is InChI=1S/C20H19F2N3O3/c21-13-4-7-16(17(22)11-13)20(28)23-9-8-18(26)24-15-3-1-2-12(10-15)19(27)25-14-5-6-14/h1-4,7,10-11,14H,5-6,8-9H2,(H,23,28)(H,24,26)(H,25,27). The summed E-state index contributed by atoms with van der Waals surface area (Å²) in [6, 6.07) is 9.42. The molecule has 146 valence electrons. The Balaban J connectivity index is 1.47. The first-order valence-electron chi connectivity index (χ1n) is 8.86. The van der Waals surface area contributed by atoms with Gasteiger partial charge in [0.2, 0.25) is 5.91 Å². The number of anilines is 1. The van der Waals surface area contributed by atoms with Gasteiger partial charge in [-0.25, -0.2) is 8.78 Å². The van der Waals surface area contributed by atoms with Crippen molar-refractivity contribution in [2.75, 3.05) is 11.9 Å². The summed E-state index contributed by atoms with van der Waals surface area (Å²) in [7, 11) is 0. The van der Waals surface area contributed by atoms with Crippen molar-refractivity contribution in [2.45, 2.75) is 25.3 Å². The van der Waals surface area contributed by atoms with Crippen molar-refractivity contribution in [1.29, 1.82) is 0 Å². The Morgan fingerprint density at radius 3 is 2.50 bits per heavy atom. The van der Waals surface area contributed by atoms with E-state index in [0.29, 0.717) is 17.3 Å². The summed E-state index contributed by atoms with van der Waals surface area (Å²) < 4.78 is 26.4. The highest BCUT2D eigenvalue weighted by atomic mass is 19.1. The van der Waals surface area contributed by atoms with Gasteiger partial charge in [-0.05, 0) is 43.2 Å². The number of halogens is 2. The number of nitrogens with one attached hydrogen (secondary N) is 3. The Bertz CT molecular complexity index is 913. The van der Waals surface area contributed by atoms with Crippen molar-refractivity contribution in [1.82, 2.24) is 10.6 Å². The van der Waals surface area contributed by atoms with E-state index in [2.05, 4.69) is 16.0 Å². The minimum atomic E-state index is -0.969. The highest BCUT2D eigenvalue weighted by molar-refractivity contribution is 5.98. The minimum absolute atomic E-state index is 0.0245. The third-order valence-electron chi connectivity index (χ3n) is 4.13. The quantitative estimate of drug-likeness (QED) is 0.683. The van der Waals surface area contributed by atoms with Gasteiger partial charge in [-0.3, -0.25) is 14.4 Å². The number of benzene rings is 2. The van der Waals surface area contributed by atoms with Crippen molar-refractivity contribution in [2.24, 2.45) is 0 Å². The summed E-state index contributed by atoms with van der Waals surface area (Å²) in [5, 5.41) is 7.92. The molecule has 28 heavy (non-hydrogen) atoms. The molecule has 1 aliphatic rings. The van der Waals surface area contributed by atoms with Gasteiger partial charge in [-0.2, -0.15) is 0 Å². The van der Waals surface area contributed by atoms with Gasteiger partial charge in [-0.1, -0.05) is 6.07 Å². The van der Waals surface area contributed by atoms with Crippen molar-refractivity contribution >= 4 is 23.4 Å². The van der Waals surface area contributed by atoms with Crippen molar-refractivity contribution < 1.29 is 23.2 Å². The number of amides is 3. The summed E-state index contributed by atoms with van der Waals surface area (Å²) >= 11 is 0. The molecule has 0 aromatic heterocycles.